The lowest BCUT2D eigenvalue weighted by Gasteiger charge is -2.25. The number of hydrogen-bond acceptors (Lipinski definition) is 6. The van der Waals surface area contributed by atoms with E-state index in [1.807, 2.05) is 0 Å². The van der Waals surface area contributed by atoms with E-state index < -0.39 is 8.77 Å². The number of aliphatic hydroxyl groups is 2. The second-order valence-electron chi connectivity index (χ2n) is 3.50. The third-order valence-corrected chi connectivity index (χ3v) is 3.43. The number of hydrogen-bond donors (Lipinski definition) is 4. The van der Waals surface area contributed by atoms with Crippen molar-refractivity contribution in [3.63, 3.8) is 0 Å². The number of nitrogens with one attached hydrogen (secondary N) is 1. The molecule has 0 bridgehead atoms. The number of β-amino-alcohol motifs (C(OH)–C–C–N with tert-alkyl or cyclic N) is 1. The van der Waals surface area contributed by atoms with Crippen molar-refractivity contribution in [3.05, 3.63) is 0 Å². The third kappa shape index (κ3) is 18.5. The molecule has 1 atom stereocenters. The number of aliphatic hydroxyl groups excluding tert-OH is 2. The monoisotopic (exact) mass is 302 g/mol. The van der Waals surface area contributed by atoms with Crippen molar-refractivity contribution in [2.75, 3.05) is 51.7 Å². The summed E-state index contributed by atoms with van der Waals surface area (Å²) in [5.74, 6) is 0.169. The summed E-state index contributed by atoms with van der Waals surface area (Å²) < 4.78 is 18.1. The lowest BCUT2D eigenvalue weighted by Crippen LogP contribution is -2.44. The van der Waals surface area contributed by atoms with Crippen LogP contribution in [-0.2, 0) is 20.0 Å². The van der Waals surface area contributed by atoms with Crippen molar-refractivity contribution in [1.82, 2.24) is 10.2 Å². The summed E-state index contributed by atoms with van der Waals surface area (Å²) in [6.07, 6.45) is 0. The zero-order chi connectivity index (χ0) is 14.4. The van der Waals surface area contributed by atoms with Crippen molar-refractivity contribution < 1.29 is 19.0 Å². The van der Waals surface area contributed by atoms with Crippen LogP contribution < -0.4 is 5.32 Å². The van der Waals surface area contributed by atoms with Gasteiger partial charge in [0.2, 0.25) is 0 Å². The van der Waals surface area contributed by atoms with Gasteiger partial charge in [0.25, 0.3) is 0 Å². The maximum atomic E-state index is 9.93. The van der Waals surface area contributed by atoms with Crippen molar-refractivity contribution in [2.24, 2.45) is 0 Å². The molecular formula is C10H26N2O4S2. The predicted octanol–water partition coefficient (Wildman–Crippen LogP) is -0.892. The van der Waals surface area contributed by atoms with Crippen LogP contribution in [0, 0.1) is 0 Å². The predicted molar refractivity (Wildman–Crippen MR) is 77.8 cm³/mol. The molecule has 1 rings (SSSR count). The van der Waals surface area contributed by atoms with Crippen molar-refractivity contribution in [3.8, 4) is 0 Å². The smallest absolute Gasteiger partial charge is 0.141 e. The minimum absolute atomic E-state index is 0.169. The fourth-order valence-corrected chi connectivity index (χ4v) is 1.08. The molecule has 4 N–H and O–H groups in total. The molecule has 8 heteroatoms. The Balaban J connectivity index is 0. The average molecular weight is 302 g/mol. The summed E-state index contributed by atoms with van der Waals surface area (Å²) in [6, 6.07) is 0. The highest BCUT2D eigenvalue weighted by atomic mass is 32.8. The second kappa shape index (κ2) is 13.6. The first-order valence-electron chi connectivity index (χ1n) is 6.01. The summed E-state index contributed by atoms with van der Waals surface area (Å²) in [4.78, 5) is 2.26. The van der Waals surface area contributed by atoms with Gasteiger partial charge in [0.15, 0.2) is 0 Å². The first kappa shape index (κ1) is 20.5. The topological polar surface area (TPSA) is 93.0 Å². The Labute approximate surface area is 115 Å². The standard InChI is InChI=1S/C6H14N2O.C2H6O2S2.C2H6O/c9-6-5-8-3-1-7-2-4-8;1-2-6(3,4)5;1-2-3/h7,9H,1-6H2;2H2,1H3,(H,3,4,5);3H,2H2,1H3. The van der Waals surface area contributed by atoms with Gasteiger partial charge in [0, 0.05) is 56.3 Å². The molecule has 0 saturated carbocycles. The highest BCUT2D eigenvalue weighted by molar-refractivity contribution is 8.29. The number of piperazine rings is 1. The lowest BCUT2D eigenvalue weighted by atomic mass is 10.4. The van der Waals surface area contributed by atoms with E-state index in [1.165, 1.54) is 0 Å². The zero-order valence-corrected chi connectivity index (χ0v) is 12.8. The van der Waals surface area contributed by atoms with Crippen LogP contribution >= 0.6 is 0 Å². The van der Waals surface area contributed by atoms with Crippen molar-refractivity contribution >= 4 is 20.0 Å². The Bertz CT molecular complexity index is 252. The molecule has 18 heavy (non-hydrogen) atoms. The Morgan fingerprint density at radius 1 is 1.28 bits per heavy atom. The molecule has 1 heterocycles. The van der Waals surface area contributed by atoms with E-state index in [4.69, 9.17) is 14.8 Å². The SMILES string of the molecule is CCO.CCS(=O)(O)=S.OCCN1CCNCC1. The Kier molecular flexibility index (Phi) is 15.5. The molecule has 6 nitrogen and oxygen atoms in total. The molecule has 0 spiro atoms. The first-order valence-corrected chi connectivity index (χ1v) is 8.62. The summed E-state index contributed by atoms with van der Waals surface area (Å²) >= 11 is 4.07. The van der Waals surface area contributed by atoms with Crippen LogP contribution in [0.5, 0.6) is 0 Å². The van der Waals surface area contributed by atoms with E-state index in [2.05, 4.69) is 21.4 Å². The summed E-state index contributed by atoms with van der Waals surface area (Å²) in [5, 5.41) is 19.4. The van der Waals surface area contributed by atoms with E-state index in [9.17, 15) is 4.21 Å². The fraction of sp³-hybridized carbons (Fsp3) is 1.00. The van der Waals surface area contributed by atoms with Crippen LogP contribution in [0.4, 0.5) is 0 Å². The van der Waals surface area contributed by atoms with Crippen LogP contribution in [-0.4, -0.2) is 75.6 Å². The van der Waals surface area contributed by atoms with Gasteiger partial charge in [0.05, 0.1) is 6.61 Å². The van der Waals surface area contributed by atoms with Gasteiger partial charge < -0.3 is 20.1 Å². The van der Waals surface area contributed by atoms with Gasteiger partial charge in [0.1, 0.15) is 8.77 Å². The third-order valence-electron chi connectivity index (χ3n) is 1.99. The maximum absolute atomic E-state index is 9.93. The molecule has 1 aliphatic rings. The van der Waals surface area contributed by atoms with Crippen LogP contribution in [0.15, 0.2) is 0 Å². The first-order chi connectivity index (χ1) is 8.41. The Hall–Kier alpha value is 0.170. The molecule has 112 valence electrons. The molecular weight excluding hydrogens is 276 g/mol. The molecule has 0 aromatic rings. The highest BCUT2D eigenvalue weighted by Gasteiger charge is 2.06. The van der Waals surface area contributed by atoms with Crippen LogP contribution in [0.2, 0.25) is 0 Å². The van der Waals surface area contributed by atoms with E-state index in [-0.39, 0.29) is 12.4 Å². The fourth-order valence-electron chi connectivity index (χ4n) is 1.08. The minimum atomic E-state index is -2.83. The summed E-state index contributed by atoms with van der Waals surface area (Å²) in [7, 11) is -2.83. The van der Waals surface area contributed by atoms with E-state index >= 15 is 0 Å². The van der Waals surface area contributed by atoms with E-state index in [0.717, 1.165) is 32.7 Å². The normalized spacial score (nSPS) is 18.7. The molecule has 0 radical (unpaired) electrons. The molecule has 0 aromatic carbocycles. The molecule has 1 saturated heterocycles. The summed E-state index contributed by atoms with van der Waals surface area (Å²) in [6.45, 7) is 8.94. The van der Waals surface area contributed by atoms with Crippen molar-refractivity contribution in [1.29, 1.82) is 0 Å². The van der Waals surface area contributed by atoms with Crippen LogP contribution in [0.25, 0.3) is 0 Å². The van der Waals surface area contributed by atoms with Gasteiger partial charge in [-0.2, -0.15) is 0 Å². The zero-order valence-electron chi connectivity index (χ0n) is 11.2. The Morgan fingerprint density at radius 2 is 1.67 bits per heavy atom. The quantitative estimate of drug-likeness (QED) is 0.537. The van der Waals surface area contributed by atoms with Crippen molar-refractivity contribution in [2.45, 2.75) is 13.8 Å². The van der Waals surface area contributed by atoms with E-state index in [1.54, 1.807) is 13.8 Å². The number of nitrogens with zero attached hydrogens (tertiary/aromatic N) is 1. The van der Waals surface area contributed by atoms with Crippen LogP contribution in [0.1, 0.15) is 13.8 Å². The molecule has 1 unspecified atom stereocenters. The van der Waals surface area contributed by atoms with Gasteiger partial charge >= 0.3 is 0 Å². The molecule has 0 amide bonds. The number of rotatable bonds is 3. The van der Waals surface area contributed by atoms with Gasteiger partial charge in [-0.1, -0.05) is 6.92 Å². The molecule has 0 aliphatic carbocycles. The lowest BCUT2D eigenvalue weighted by molar-refractivity contribution is 0.180. The van der Waals surface area contributed by atoms with Gasteiger partial charge in [-0.3, -0.25) is 4.90 Å². The van der Waals surface area contributed by atoms with Gasteiger partial charge in [-0.15, -0.1) is 0 Å². The van der Waals surface area contributed by atoms with Gasteiger partial charge in [-0.05, 0) is 6.92 Å². The van der Waals surface area contributed by atoms with Gasteiger partial charge in [-0.25, -0.2) is 4.21 Å². The second-order valence-corrected chi connectivity index (χ2v) is 6.81. The molecule has 0 aromatic heterocycles. The summed E-state index contributed by atoms with van der Waals surface area (Å²) in [5.41, 5.74) is 0. The molecule has 1 aliphatic heterocycles. The Morgan fingerprint density at radius 3 is 1.94 bits per heavy atom. The highest BCUT2D eigenvalue weighted by Crippen LogP contribution is 1.88. The minimum Gasteiger partial charge on any atom is -0.397 e. The van der Waals surface area contributed by atoms with E-state index in [0.29, 0.717) is 6.61 Å². The largest absolute Gasteiger partial charge is 0.397 e. The molecule has 1 fully saturated rings. The van der Waals surface area contributed by atoms with Crippen LogP contribution in [0.3, 0.4) is 0 Å². The average Bonchev–Trinajstić information content (AvgIpc) is 2.32. The maximum Gasteiger partial charge on any atom is 0.141 e.